The standard InChI is InChI=1S/C14H17NO2/c1-2-14(16)13-6-4-3-5-12(13)11-15-7-9-17-10-8-15/h2-6H,1,7-11H2. The molecule has 17 heavy (non-hydrogen) atoms. The highest BCUT2D eigenvalue weighted by atomic mass is 16.5. The highest BCUT2D eigenvalue weighted by Gasteiger charge is 2.14. The normalized spacial score (nSPS) is 16.7. The van der Waals surface area contributed by atoms with E-state index in [2.05, 4.69) is 11.5 Å². The molecule has 0 aliphatic carbocycles. The van der Waals surface area contributed by atoms with E-state index in [1.165, 1.54) is 6.08 Å². The van der Waals surface area contributed by atoms with Gasteiger partial charge in [0.2, 0.25) is 0 Å². The van der Waals surface area contributed by atoms with Gasteiger partial charge in [-0.05, 0) is 11.6 Å². The Balaban J connectivity index is 2.13. The van der Waals surface area contributed by atoms with E-state index in [9.17, 15) is 4.79 Å². The first-order chi connectivity index (χ1) is 8.31. The second kappa shape index (κ2) is 5.75. The molecule has 2 rings (SSSR count). The number of ether oxygens (including phenoxy) is 1. The summed E-state index contributed by atoms with van der Waals surface area (Å²) < 4.78 is 5.31. The molecular formula is C14H17NO2. The van der Waals surface area contributed by atoms with Crippen LogP contribution >= 0.6 is 0 Å². The average Bonchev–Trinajstić information content (AvgIpc) is 2.40. The van der Waals surface area contributed by atoms with Crippen molar-refractivity contribution in [2.75, 3.05) is 26.3 Å². The fourth-order valence-corrected chi connectivity index (χ4v) is 2.01. The molecule has 1 aromatic rings. The van der Waals surface area contributed by atoms with Crippen molar-refractivity contribution in [1.82, 2.24) is 4.90 Å². The van der Waals surface area contributed by atoms with Crippen LogP contribution in [0.1, 0.15) is 15.9 Å². The molecule has 0 bridgehead atoms. The van der Waals surface area contributed by atoms with Crippen molar-refractivity contribution in [2.24, 2.45) is 0 Å². The van der Waals surface area contributed by atoms with Crippen LogP contribution in [0, 0.1) is 0 Å². The zero-order valence-corrected chi connectivity index (χ0v) is 9.89. The minimum atomic E-state index is -0.00569. The minimum absolute atomic E-state index is 0.00569. The topological polar surface area (TPSA) is 29.5 Å². The van der Waals surface area contributed by atoms with Crippen LogP contribution in [0.2, 0.25) is 0 Å². The SMILES string of the molecule is C=CC(=O)c1ccccc1CN1CCOCC1. The summed E-state index contributed by atoms with van der Waals surface area (Å²) in [7, 11) is 0. The molecule has 1 aliphatic heterocycles. The molecule has 1 fully saturated rings. The molecule has 3 nitrogen and oxygen atoms in total. The average molecular weight is 231 g/mol. The maximum atomic E-state index is 11.7. The number of morpholine rings is 1. The van der Waals surface area contributed by atoms with Gasteiger partial charge in [0.15, 0.2) is 5.78 Å². The zero-order valence-electron chi connectivity index (χ0n) is 9.89. The fourth-order valence-electron chi connectivity index (χ4n) is 2.01. The molecular weight excluding hydrogens is 214 g/mol. The number of allylic oxidation sites excluding steroid dienone is 1. The van der Waals surface area contributed by atoms with Crippen LogP contribution in [0.15, 0.2) is 36.9 Å². The van der Waals surface area contributed by atoms with E-state index in [0.29, 0.717) is 0 Å². The highest BCUT2D eigenvalue weighted by Crippen LogP contribution is 2.13. The molecule has 0 spiro atoms. The van der Waals surface area contributed by atoms with Crippen molar-refractivity contribution in [3.05, 3.63) is 48.0 Å². The van der Waals surface area contributed by atoms with Crippen LogP contribution in [-0.4, -0.2) is 37.0 Å². The van der Waals surface area contributed by atoms with Gasteiger partial charge in [-0.3, -0.25) is 9.69 Å². The Labute approximate surface area is 102 Å². The number of hydrogen-bond donors (Lipinski definition) is 0. The molecule has 1 aromatic carbocycles. The summed E-state index contributed by atoms with van der Waals surface area (Å²) in [5, 5.41) is 0. The van der Waals surface area contributed by atoms with Crippen LogP contribution in [0.5, 0.6) is 0 Å². The number of carbonyl (C=O) groups excluding carboxylic acids is 1. The van der Waals surface area contributed by atoms with Gasteiger partial charge in [0, 0.05) is 25.2 Å². The first kappa shape index (κ1) is 12.0. The van der Waals surface area contributed by atoms with Gasteiger partial charge < -0.3 is 4.74 Å². The number of carbonyl (C=O) groups is 1. The van der Waals surface area contributed by atoms with Gasteiger partial charge in [0.05, 0.1) is 13.2 Å². The molecule has 0 aromatic heterocycles. The Bertz CT molecular complexity index is 408. The summed E-state index contributed by atoms with van der Waals surface area (Å²) in [6.07, 6.45) is 1.37. The van der Waals surface area contributed by atoms with Crippen LogP contribution in [0.25, 0.3) is 0 Å². The van der Waals surface area contributed by atoms with Gasteiger partial charge in [-0.25, -0.2) is 0 Å². The van der Waals surface area contributed by atoms with Gasteiger partial charge in [-0.2, -0.15) is 0 Å². The van der Waals surface area contributed by atoms with Crippen molar-refractivity contribution in [2.45, 2.75) is 6.54 Å². The van der Waals surface area contributed by atoms with Crippen molar-refractivity contribution in [3.63, 3.8) is 0 Å². The molecule has 1 saturated heterocycles. The fraction of sp³-hybridized carbons (Fsp3) is 0.357. The third-order valence-electron chi connectivity index (χ3n) is 2.97. The lowest BCUT2D eigenvalue weighted by atomic mass is 10.0. The largest absolute Gasteiger partial charge is 0.379 e. The zero-order chi connectivity index (χ0) is 12.1. The Kier molecular flexibility index (Phi) is 4.07. The van der Waals surface area contributed by atoms with E-state index in [1.54, 1.807) is 0 Å². The molecule has 3 heteroatoms. The molecule has 1 aliphatic rings. The molecule has 1 heterocycles. The van der Waals surface area contributed by atoms with Gasteiger partial charge in [0.25, 0.3) is 0 Å². The molecule has 0 radical (unpaired) electrons. The summed E-state index contributed by atoms with van der Waals surface area (Å²) >= 11 is 0. The number of hydrogen-bond acceptors (Lipinski definition) is 3. The van der Waals surface area contributed by atoms with Crippen molar-refractivity contribution in [1.29, 1.82) is 0 Å². The Hall–Kier alpha value is -1.45. The van der Waals surface area contributed by atoms with Crippen molar-refractivity contribution >= 4 is 5.78 Å². The van der Waals surface area contributed by atoms with E-state index in [0.717, 1.165) is 44.0 Å². The highest BCUT2D eigenvalue weighted by molar-refractivity contribution is 6.05. The lowest BCUT2D eigenvalue weighted by molar-refractivity contribution is 0.0341. The predicted octanol–water partition coefficient (Wildman–Crippen LogP) is 1.89. The summed E-state index contributed by atoms with van der Waals surface area (Å²) in [6.45, 7) is 7.75. The van der Waals surface area contributed by atoms with Crippen molar-refractivity contribution < 1.29 is 9.53 Å². The Morgan fingerprint density at radius 2 is 2.06 bits per heavy atom. The Morgan fingerprint density at radius 1 is 1.35 bits per heavy atom. The van der Waals surface area contributed by atoms with Crippen LogP contribution in [0.3, 0.4) is 0 Å². The minimum Gasteiger partial charge on any atom is -0.379 e. The van der Waals surface area contributed by atoms with E-state index >= 15 is 0 Å². The first-order valence-electron chi connectivity index (χ1n) is 5.86. The van der Waals surface area contributed by atoms with Crippen molar-refractivity contribution in [3.8, 4) is 0 Å². The predicted molar refractivity (Wildman–Crippen MR) is 67.1 cm³/mol. The summed E-state index contributed by atoms with van der Waals surface area (Å²) in [4.78, 5) is 14.0. The smallest absolute Gasteiger partial charge is 0.185 e. The second-order valence-electron chi connectivity index (χ2n) is 4.11. The monoisotopic (exact) mass is 231 g/mol. The summed E-state index contributed by atoms with van der Waals surface area (Å²) in [5.41, 5.74) is 1.83. The number of rotatable bonds is 4. The van der Waals surface area contributed by atoms with Crippen LogP contribution in [-0.2, 0) is 11.3 Å². The van der Waals surface area contributed by atoms with E-state index < -0.39 is 0 Å². The van der Waals surface area contributed by atoms with Crippen LogP contribution in [0.4, 0.5) is 0 Å². The quantitative estimate of drug-likeness (QED) is 0.585. The molecule has 0 atom stereocenters. The molecule has 90 valence electrons. The van der Waals surface area contributed by atoms with Gasteiger partial charge in [-0.15, -0.1) is 0 Å². The van der Waals surface area contributed by atoms with Gasteiger partial charge >= 0.3 is 0 Å². The van der Waals surface area contributed by atoms with E-state index in [4.69, 9.17) is 4.74 Å². The van der Waals surface area contributed by atoms with Gasteiger partial charge in [0.1, 0.15) is 0 Å². The second-order valence-corrected chi connectivity index (χ2v) is 4.11. The third-order valence-corrected chi connectivity index (χ3v) is 2.97. The first-order valence-corrected chi connectivity index (χ1v) is 5.86. The van der Waals surface area contributed by atoms with Crippen LogP contribution < -0.4 is 0 Å². The lowest BCUT2D eigenvalue weighted by Gasteiger charge is -2.27. The number of ketones is 1. The number of nitrogens with zero attached hydrogens (tertiary/aromatic N) is 1. The molecule has 0 saturated carbocycles. The maximum absolute atomic E-state index is 11.7. The van der Waals surface area contributed by atoms with E-state index in [1.807, 2.05) is 24.3 Å². The molecule has 0 N–H and O–H groups in total. The maximum Gasteiger partial charge on any atom is 0.185 e. The summed E-state index contributed by atoms with van der Waals surface area (Å²) in [5.74, 6) is -0.00569. The lowest BCUT2D eigenvalue weighted by Crippen LogP contribution is -2.36. The van der Waals surface area contributed by atoms with Gasteiger partial charge in [-0.1, -0.05) is 30.8 Å². The summed E-state index contributed by atoms with van der Waals surface area (Å²) in [6, 6.07) is 7.72. The number of benzene rings is 1. The molecule has 0 amide bonds. The third kappa shape index (κ3) is 3.02. The van der Waals surface area contributed by atoms with E-state index in [-0.39, 0.29) is 5.78 Å². The Morgan fingerprint density at radius 3 is 2.76 bits per heavy atom. The molecule has 0 unspecified atom stereocenters.